The molecule has 0 spiro atoms. The summed E-state index contributed by atoms with van der Waals surface area (Å²) in [5.41, 5.74) is 3.92. The number of halogens is 2. The molecule has 0 aliphatic rings. The summed E-state index contributed by atoms with van der Waals surface area (Å²) >= 11 is 3.60. The molecule has 1 nitrogen and oxygen atoms in total. The van der Waals surface area contributed by atoms with Crippen LogP contribution < -0.4 is 5.32 Å². The minimum absolute atomic E-state index is 0.158. The van der Waals surface area contributed by atoms with Gasteiger partial charge in [0.1, 0.15) is 5.82 Å². The Kier molecular flexibility index (Phi) is 4.38. The SMILES string of the molecule is CNC(c1cc(C)ccc1F)c1cccc(C)c1Br. The summed E-state index contributed by atoms with van der Waals surface area (Å²) < 4.78 is 15.1. The van der Waals surface area contributed by atoms with Crippen molar-refractivity contribution in [1.29, 1.82) is 0 Å². The highest BCUT2D eigenvalue weighted by Crippen LogP contribution is 2.32. The Labute approximate surface area is 122 Å². The maximum Gasteiger partial charge on any atom is 0.128 e. The van der Waals surface area contributed by atoms with Gasteiger partial charge >= 0.3 is 0 Å². The molecule has 0 radical (unpaired) electrons. The zero-order valence-corrected chi connectivity index (χ0v) is 12.9. The molecule has 2 aromatic carbocycles. The van der Waals surface area contributed by atoms with E-state index < -0.39 is 0 Å². The van der Waals surface area contributed by atoms with E-state index in [0.717, 1.165) is 21.2 Å². The molecule has 100 valence electrons. The van der Waals surface area contributed by atoms with Gasteiger partial charge in [-0.1, -0.05) is 51.8 Å². The van der Waals surface area contributed by atoms with Gasteiger partial charge in [0.15, 0.2) is 0 Å². The maximum atomic E-state index is 14.1. The summed E-state index contributed by atoms with van der Waals surface area (Å²) in [6.45, 7) is 4.01. The van der Waals surface area contributed by atoms with Gasteiger partial charge in [0, 0.05) is 10.0 Å². The second-order valence-electron chi connectivity index (χ2n) is 4.72. The van der Waals surface area contributed by atoms with Gasteiger partial charge in [-0.2, -0.15) is 0 Å². The lowest BCUT2D eigenvalue weighted by Crippen LogP contribution is -2.19. The lowest BCUT2D eigenvalue weighted by molar-refractivity contribution is 0.574. The van der Waals surface area contributed by atoms with Gasteiger partial charge in [0.2, 0.25) is 0 Å². The summed E-state index contributed by atoms with van der Waals surface area (Å²) in [6, 6.07) is 11.1. The highest BCUT2D eigenvalue weighted by atomic mass is 79.9. The minimum atomic E-state index is -0.182. The Hall–Kier alpha value is -1.19. The van der Waals surface area contributed by atoms with Crippen LogP contribution in [0.15, 0.2) is 40.9 Å². The molecule has 0 aliphatic carbocycles. The number of rotatable bonds is 3. The minimum Gasteiger partial charge on any atom is -0.309 e. The molecule has 0 amide bonds. The van der Waals surface area contributed by atoms with Crippen molar-refractivity contribution >= 4 is 15.9 Å². The highest BCUT2D eigenvalue weighted by Gasteiger charge is 2.19. The molecule has 19 heavy (non-hydrogen) atoms. The molecule has 1 N–H and O–H groups in total. The Bertz CT molecular complexity index is 593. The number of benzene rings is 2. The smallest absolute Gasteiger partial charge is 0.128 e. The van der Waals surface area contributed by atoms with Crippen LogP contribution in [0, 0.1) is 19.7 Å². The summed E-state index contributed by atoms with van der Waals surface area (Å²) in [7, 11) is 1.85. The number of aryl methyl sites for hydroxylation is 2. The van der Waals surface area contributed by atoms with E-state index in [-0.39, 0.29) is 11.9 Å². The Balaban J connectivity index is 2.56. The van der Waals surface area contributed by atoms with Gasteiger partial charge in [-0.3, -0.25) is 0 Å². The van der Waals surface area contributed by atoms with Crippen LogP contribution in [0.3, 0.4) is 0 Å². The summed E-state index contributed by atoms with van der Waals surface area (Å²) in [5.74, 6) is -0.182. The molecule has 2 aromatic rings. The quantitative estimate of drug-likeness (QED) is 0.876. The van der Waals surface area contributed by atoms with E-state index in [1.807, 2.05) is 45.2 Å². The van der Waals surface area contributed by atoms with E-state index in [9.17, 15) is 4.39 Å². The molecule has 0 aromatic heterocycles. The van der Waals surface area contributed by atoms with Crippen molar-refractivity contribution in [1.82, 2.24) is 5.32 Å². The van der Waals surface area contributed by atoms with Crippen molar-refractivity contribution in [2.75, 3.05) is 7.05 Å². The normalized spacial score (nSPS) is 12.5. The predicted molar refractivity (Wildman–Crippen MR) is 80.9 cm³/mol. The lowest BCUT2D eigenvalue weighted by Gasteiger charge is -2.20. The largest absolute Gasteiger partial charge is 0.309 e. The van der Waals surface area contributed by atoms with Crippen LogP contribution in [-0.4, -0.2) is 7.05 Å². The summed E-state index contributed by atoms with van der Waals surface area (Å²) in [6.07, 6.45) is 0. The van der Waals surface area contributed by atoms with Crippen LogP contribution in [0.5, 0.6) is 0 Å². The molecule has 0 saturated carbocycles. The average Bonchev–Trinajstić information content (AvgIpc) is 2.39. The first-order valence-electron chi connectivity index (χ1n) is 6.23. The second-order valence-corrected chi connectivity index (χ2v) is 5.52. The molecule has 0 saturated heterocycles. The van der Waals surface area contributed by atoms with Crippen LogP contribution in [0.25, 0.3) is 0 Å². The predicted octanol–water partition coefficient (Wildman–Crippen LogP) is 4.51. The molecule has 0 bridgehead atoms. The van der Waals surface area contributed by atoms with E-state index in [2.05, 4.69) is 21.2 Å². The molecule has 3 heteroatoms. The molecule has 1 atom stereocenters. The highest BCUT2D eigenvalue weighted by molar-refractivity contribution is 9.10. The van der Waals surface area contributed by atoms with Gasteiger partial charge < -0.3 is 5.32 Å². The third-order valence-corrected chi connectivity index (χ3v) is 4.37. The van der Waals surface area contributed by atoms with E-state index in [1.165, 1.54) is 6.07 Å². The van der Waals surface area contributed by atoms with Crippen molar-refractivity contribution in [2.45, 2.75) is 19.9 Å². The lowest BCUT2D eigenvalue weighted by atomic mass is 9.96. The summed E-state index contributed by atoms with van der Waals surface area (Å²) in [4.78, 5) is 0. The number of hydrogen-bond acceptors (Lipinski definition) is 1. The monoisotopic (exact) mass is 321 g/mol. The average molecular weight is 322 g/mol. The maximum absolute atomic E-state index is 14.1. The van der Waals surface area contributed by atoms with E-state index >= 15 is 0 Å². The van der Waals surface area contributed by atoms with E-state index in [1.54, 1.807) is 6.07 Å². The standard InChI is InChI=1S/C16H17BrFN/c1-10-7-8-14(18)13(9-10)16(19-3)12-6-4-5-11(2)15(12)17/h4-9,16,19H,1-3H3. The van der Waals surface area contributed by atoms with Crippen molar-refractivity contribution in [3.8, 4) is 0 Å². The van der Waals surface area contributed by atoms with Crippen molar-refractivity contribution in [3.05, 3.63) is 68.9 Å². The van der Waals surface area contributed by atoms with Gasteiger partial charge in [-0.15, -0.1) is 0 Å². The van der Waals surface area contributed by atoms with Gasteiger partial charge in [0.05, 0.1) is 6.04 Å². The Morgan fingerprint density at radius 3 is 2.53 bits per heavy atom. The molecule has 1 unspecified atom stereocenters. The molecular formula is C16H17BrFN. The number of nitrogens with one attached hydrogen (secondary N) is 1. The molecule has 0 heterocycles. The zero-order valence-electron chi connectivity index (χ0n) is 11.3. The second kappa shape index (κ2) is 5.85. The fourth-order valence-electron chi connectivity index (χ4n) is 2.26. The van der Waals surface area contributed by atoms with Gasteiger partial charge in [-0.05, 0) is 38.1 Å². The van der Waals surface area contributed by atoms with Crippen LogP contribution in [0.2, 0.25) is 0 Å². The Morgan fingerprint density at radius 2 is 1.84 bits per heavy atom. The topological polar surface area (TPSA) is 12.0 Å². The molecule has 0 fully saturated rings. The van der Waals surface area contributed by atoms with Gasteiger partial charge in [-0.25, -0.2) is 4.39 Å². The van der Waals surface area contributed by atoms with Crippen LogP contribution >= 0.6 is 15.9 Å². The van der Waals surface area contributed by atoms with Crippen LogP contribution in [0.4, 0.5) is 4.39 Å². The van der Waals surface area contributed by atoms with E-state index in [0.29, 0.717) is 5.56 Å². The first kappa shape index (κ1) is 14.2. The first-order valence-corrected chi connectivity index (χ1v) is 7.02. The van der Waals surface area contributed by atoms with Crippen molar-refractivity contribution < 1.29 is 4.39 Å². The fraction of sp³-hybridized carbons (Fsp3) is 0.250. The van der Waals surface area contributed by atoms with Crippen molar-refractivity contribution in [3.63, 3.8) is 0 Å². The van der Waals surface area contributed by atoms with Crippen LogP contribution in [-0.2, 0) is 0 Å². The fourth-order valence-corrected chi connectivity index (χ4v) is 2.75. The number of hydrogen-bond donors (Lipinski definition) is 1. The zero-order chi connectivity index (χ0) is 14.0. The van der Waals surface area contributed by atoms with Crippen molar-refractivity contribution in [2.24, 2.45) is 0 Å². The first-order chi connectivity index (χ1) is 9.04. The third-order valence-electron chi connectivity index (χ3n) is 3.28. The van der Waals surface area contributed by atoms with Gasteiger partial charge in [0.25, 0.3) is 0 Å². The molecule has 0 aliphatic heterocycles. The third kappa shape index (κ3) is 2.88. The summed E-state index contributed by atoms with van der Waals surface area (Å²) in [5, 5.41) is 3.20. The molecular weight excluding hydrogens is 305 g/mol. The van der Waals surface area contributed by atoms with E-state index in [4.69, 9.17) is 0 Å². The Morgan fingerprint density at radius 1 is 1.11 bits per heavy atom. The molecule has 2 rings (SSSR count). The van der Waals surface area contributed by atoms with Crippen LogP contribution in [0.1, 0.15) is 28.3 Å².